The van der Waals surface area contributed by atoms with Crippen molar-refractivity contribution in [2.75, 3.05) is 25.1 Å². The molecule has 24 heteroatoms. The van der Waals surface area contributed by atoms with Crippen LogP contribution in [-0.2, 0) is 64.0 Å². The van der Waals surface area contributed by atoms with Crippen molar-refractivity contribution >= 4 is 102 Å². The van der Waals surface area contributed by atoms with E-state index in [1.807, 2.05) is 60.7 Å². The number of aromatic nitrogens is 2. The Bertz CT molecular complexity index is 3210. The number of likely N-dealkylation sites (N-methyl/N-ethyl adjacent to an activating group) is 1. The second-order valence-corrected chi connectivity index (χ2v) is 23.1. The molecule has 3 heterocycles. The third-order valence-corrected chi connectivity index (χ3v) is 16.7. The minimum absolute atomic E-state index is 0.0238. The maximum absolute atomic E-state index is 15.2. The topological polar surface area (TPSA) is 333 Å². The number of rotatable bonds is 18. The fourth-order valence-electron chi connectivity index (χ4n) is 9.45. The van der Waals surface area contributed by atoms with Crippen molar-refractivity contribution in [1.82, 2.24) is 46.8 Å². The van der Waals surface area contributed by atoms with Crippen molar-refractivity contribution in [1.29, 1.82) is 0 Å². The summed E-state index contributed by atoms with van der Waals surface area (Å²) in [6, 6.07) is 18.8. The van der Waals surface area contributed by atoms with Crippen molar-refractivity contribution in [3.05, 3.63) is 149 Å². The van der Waals surface area contributed by atoms with E-state index in [9.17, 15) is 43.8 Å². The molecule has 82 heavy (non-hydrogen) atoms. The van der Waals surface area contributed by atoms with E-state index in [1.165, 1.54) is 26.4 Å². The second kappa shape index (κ2) is 30.0. The molecule has 0 saturated carbocycles. The van der Waals surface area contributed by atoms with Crippen LogP contribution in [0.2, 0.25) is 5.02 Å². The largest absolute Gasteiger partial charge is 0.480 e. The van der Waals surface area contributed by atoms with E-state index in [-0.39, 0.29) is 50.2 Å². The van der Waals surface area contributed by atoms with E-state index in [0.717, 1.165) is 48.2 Å². The summed E-state index contributed by atoms with van der Waals surface area (Å²) in [5.41, 5.74) is 15.5. The standard InChI is InChI=1S/C58H68ClN11O10S2/c1-33(71)50-56(77)68-48(54(75)66-46(58(79)80)26-35-16-19-37-11-3-4-12-38(37)24-35)32-82-81-31-47(67-51(72)42(61)25-34-17-20-40(59)21-18-34)53(74)64-44(27-36-10-9-23-62-29-36)52(73)65-45(28-39-30-63-43-14-6-5-13-41(39)43)57(78)70(2)49(55(76)69-50)15-7-8-22-60/h3-6,9-14,16-21,23-24,29-30,33,42,44-50,63,71H,7-8,15,22,25-28,31-32,60-61H2,1-2H3,(H,64,74)(H,65,73)(H,66,75)(H,67,72)(H,68,77)(H,69,76)(H,79,80)/t33-,42+,44+,45-,46+,47-,48+,49+,50+/m1/s1. The number of carboxylic acids is 1. The van der Waals surface area contributed by atoms with Crippen molar-refractivity contribution < 1.29 is 48.6 Å². The Balaban J connectivity index is 1.26. The predicted molar refractivity (Wildman–Crippen MR) is 316 cm³/mol. The number of aromatic amines is 1. The first-order chi connectivity index (χ1) is 39.4. The average molecular weight is 1180 g/mol. The molecule has 1 aliphatic heterocycles. The van der Waals surface area contributed by atoms with Crippen LogP contribution in [0.4, 0.5) is 0 Å². The SMILES string of the molecule is C[C@@H](O)[C@@H]1NC(=O)[C@H](CCCCN)N(C)C(=O)[C@@H](Cc2c[nH]c3ccccc23)NC(=O)[C@H](Cc2cccnc2)NC(=O)[C@H](NC(=O)[C@@H](N)Cc2ccc(Cl)cc2)CSSC[C@@H](C(=O)N[C@@H](Cc2ccc3ccccc3c2)C(=O)O)NC1=O. The van der Waals surface area contributed by atoms with E-state index in [1.54, 1.807) is 48.7 Å². The molecule has 1 aliphatic rings. The van der Waals surface area contributed by atoms with E-state index in [2.05, 4.69) is 41.9 Å². The summed E-state index contributed by atoms with van der Waals surface area (Å²) in [7, 11) is 3.35. The Hall–Kier alpha value is -7.54. The van der Waals surface area contributed by atoms with Crippen LogP contribution in [0, 0.1) is 0 Å². The van der Waals surface area contributed by atoms with Crippen LogP contribution >= 0.6 is 33.2 Å². The number of nitrogens with two attached hydrogens (primary N) is 2. The van der Waals surface area contributed by atoms with E-state index >= 15 is 4.79 Å². The lowest BCUT2D eigenvalue weighted by Crippen LogP contribution is -2.62. The van der Waals surface area contributed by atoms with Crippen molar-refractivity contribution in [3.8, 4) is 0 Å². The first-order valence-corrected chi connectivity index (χ1v) is 29.6. The fourth-order valence-corrected chi connectivity index (χ4v) is 11.9. The molecule has 13 N–H and O–H groups in total. The lowest BCUT2D eigenvalue weighted by molar-refractivity contribution is -0.144. The van der Waals surface area contributed by atoms with Gasteiger partial charge in [0.05, 0.1) is 12.1 Å². The molecule has 1 fully saturated rings. The molecule has 21 nitrogen and oxygen atoms in total. The Kier molecular flexibility index (Phi) is 22.7. The highest BCUT2D eigenvalue weighted by Crippen LogP contribution is 2.25. The molecule has 2 aromatic heterocycles. The van der Waals surface area contributed by atoms with Crippen LogP contribution in [0.15, 0.2) is 122 Å². The summed E-state index contributed by atoms with van der Waals surface area (Å²) in [5.74, 6) is -7.76. The molecule has 0 radical (unpaired) electrons. The molecule has 6 aromatic rings. The van der Waals surface area contributed by atoms with Crippen LogP contribution in [0.5, 0.6) is 0 Å². The van der Waals surface area contributed by atoms with Gasteiger partial charge in [-0.15, -0.1) is 0 Å². The number of hydrogen-bond acceptors (Lipinski definition) is 14. The van der Waals surface area contributed by atoms with Crippen LogP contribution in [0.3, 0.4) is 0 Å². The quantitative estimate of drug-likeness (QED) is 0.0436. The maximum atomic E-state index is 15.2. The molecule has 9 atom stereocenters. The van der Waals surface area contributed by atoms with Crippen LogP contribution in [0.25, 0.3) is 21.7 Å². The molecule has 1 saturated heterocycles. The number of pyridine rings is 1. The van der Waals surface area contributed by atoms with Crippen LogP contribution < -0.4 is 43.4 Å². The zero-order valence-electron chi connectivity index (χ0n) is 45.2. The van der Waals surface area contributed by atoms with Gasteiger partial charge in [-0.1, -0.05) is 112 Å². The summed E-state index contributed by atoms with van der Waals surface area (Å²) < 4.78 is 0. The zero-order chi connectivity index (χ0) is 58.9. The highest BCUT2D eigenvalue weighted by atomic mass is 35.5. The first kappa shape index (κ1) is 62.1. The number of amides is 7. The van der Waals surface area contributed by atoms with Gasteiger partial charge in [0.25, 0.3) is 0 Å². The minimum atomic E-state index is -1.73. The zero-order valence-corrected chi connectivity index (χ0v) is 47.6. The number of hydrogen-bond donors (Lipinski definition) is 11. The first-order valence-electron chi connectivity index (χ1n) is 26.7. The number of carboxylic acid groups (broad SMARTS) is 1. The van der Waals surface area contributed by atoms with Gasteiger partial charge in [-0.05, 0) is 96.4 Å². The predicted octanol–water partition coefficient (Wildman–Crippen LogP) is 2.69. The van der Waals surface area contributed by atoms with Gasteiger partial charge < -0.3 is 63.5 Å². The van der Waals surface area contributed by atoms with Crippen LogP contribution in [-0.4, -0.2) is 152 Å². The number of unbranched alkanes of at least 4 members (excludes halogenated alkanes) is 1. The number of nitrogens with zero attached hydrogens (tertiary/aromatic N) is 2. The molecule has 434 valence electrons. The summed E-state index contributed by atoms with van der Waals surface area (Å²) >= 11 is 6.10. The number of fused-ring (bicyclic) bond motifs is 2. The van der Waals surface area contributed by atoms with Gasteiger partial charge in [0.2, 0.25) is 41.4 Å². The van der Waals surface area contributed by atoms with Gasteiger partial charge in [-0.3, -0.25) is 38.5 Å². The van der Waals surface area contributed by atoms with E-state index < -0.39 is 102 Å². The summed E-state index contributed by atoms with van der Waals surface area (Å²) in [6.07, 6.45) is 3.65. The molecule has 0 spiro atoms. The highest BCUT2D eigenvalue weighted by molar-refractivity contribution is 8.76. The number of nitrogens with one attached hydrogen (secondary N) is 7. The number of aliphatic hydroxyl groups is 1. The van der Waals surface area contributed by atoms with Gasteiger partial charge in [0.15, 0.2) is 0 Å². The number of benzene rings is 4. The molecule has 0 unspecified atom stereocenters. The molecule has 0 aliphatic carbocycles. The third-order valence-electron chi connectivity index (χ3n) is 14.0. The van der Waals surface area contributed by atoms with Gasteiger partial charge >= 0.3 is 5.97 Å². The fraction of sp³-hybridized carbons (Fsp3) is 0.362. The van der Waals surface area contributed by atoms with Gasteiger partial charge in [-0.25, -0.2) is 4.79 Å². The molecular formula is C58H68ClN11O10S2. The monoisotopic (exact) mass is 1180 g/mol. The van der Waals surface area contributed by atoms with Gasteiger partial charge in [-0.2, -0.15) is 0 Å². The summed E-state index contributed by atoms with van der Waals surface area (Å²) in [5, 5.41) is 40.8. The number of carbonyl (C=O) groups excluding carboxylic acids is 7. The van der Waals surface area contributed by atoms with E-state index in [4.69, 9.17) is 23.1 Å². The number of aliphatic carboxylic acids is 1. The van der Waals surface area contributed by atoms with Crippen molar-refractivity contribution in [3.63, 3.8) is 0 Å². The Labute approximate surface area is 487 Å². The maximum Gasteiger partial charge on any atom is 0.326 e. The number of H-pyrrole nitrogens is 1. The number of halogens is 1. The lowest BCUT2D eigenvalue weighted by atomic mass is 10.00. The molecule has 7 rings (SSSR count). The van der Waals surface area contributed by atoms with Crippen molar-refractivity contribution in [2.45, 2.75) is 106 Å². The summed E-state index contributed by atoms with van der Waals surface area (Å²) in [6.45, 7) is 1.50. The number of aliphatic hydroxyl groups excluding tert-OH is 1. The van der Waals surface area contributed by atoms with E-state index in [0.29, 0.717) is 40.1 Å². The van der Waals surface area contributed by atoms with Gasteiger partial charge in [0, 0.05) is 72.3 Å². The van der Waals surface area contributed by atoms with Gasteiger partial charge in [0.1, 0.15) is 42.3 Å². The Morgan fingerprint density at radius 3 is 2.21 bits per heavy atom. The minimum Gasteiger partial charge on any atom is -0.480 e. The third kappa shape index (κ3) is 17.2. The number of para-hydroxylation sites is 1. The second-order valence-electron chi connectivity index (χ2n) is 20.1. The number of carbonyl (C=O) groups is 8. The average Bonchev–Trinajstić information content (AvgIpc) is 3.98. The summed E-state index contributed by atoms with van der Waals surface area (Å²) in [4.78, 5) is 124. The molecular weight excluding hydrogens is 1110 g/mol. The highest BCUT2D eigenvalue weighted by Gasteiger charge is 2.39. The smallest absolute Gasteiger partial charge is 0.326 e. The Morgan fingerprint density at radius 1 is 0.780 bits per heavy atom. The molecule has 7 amide bonds. The van der Waals surface area contributed by atoms with Crippen LogP contribution in [0.1, 0.15) is 48.4 Å². The Morgan fingerprint density at radius 2 is 1.49 bits per heavy atom. The lowest BCUT2D eigenvalue weighted by Gasteiger charge is -2.33. The van der Waals surface area contributed by atoms with Crippen molar-refractivity contribution in [2.24, 2.45) is 11.5 Å². The normalized spacial score (nSPS) is 21.0. The molecule has 4 aromatic carbocycles. The molecule has 0 bridgehead atoms.